The van der Waals surface area contributed by atoms with Crippen LogP contribution in [0.3, 0.4) is 0 Å². The molecule has 0 radical (unpaired) electrons. The van der Waals surface area contributed by atoms with Crippen LogP contribution in [-0.2, 0) is 9.59 Å². The zero-order valence-corrected chi connectivity index (χ0v) is 7.28. The highest BCUT2D eigenvalue weighted by Gasteiger charge is 2.26. The molecule has 0 aromatic rings. The van der Waals surface area contributed by atoms with Crippen LogP contribution in [0.1, 0.15) is 6.42 Å². The predicted molar refractivity (Wildman–Crippen MR) is 47.0 cm³/mol. The Labute approximate surface area is 79.2 Å². The summed E-state index contributed by atoms with van der Waals surface area (Å²) < 4.78 is 0. The first-order valence-corrected chi connectivity index (χ1v) is 4.03. The molecule has 2 amide bonds. The number of carbonyl (C=O) groups is 2. The molecular weight excluding hydrogens is 192 g/mol. The van der Waals surface area contributed by atoms with Gasteiger partial charge in [0.25, 0.3) is 5.91 Å². The number of rotatable bonds is 0. The number of amides is 2. The first-order valence-electron chi connectivity index (χ1n) is 3.66. The second kappa shape index (κ2) is 2.81. The minimum atomic E-state index is -0.410. The Kier molecular flexibility index (Phi) is 1.77. The smallest absolute Gasteiger partial charge is 0.257 e. The van der Waals surface area contributed by atoms with E-state index < -0.39 is 5.91 Å². The van der Waals surface area contributed by atoms with Gasteiger partial charge in [-0.05, 0) is 12.2 Å². The maximum Gasteiger partial charge on any atom is 0.257 e. The lowest BCUT2D eigenvalue weighted by atomic mass is 10.2. The Morgan fingerprint density at radius 1 is 1.38 bits per heavy atom. The van der Waals surface area contributed by atoms with E-state index in [-0.39, 0.29) is 12.3 Å². The monoisotopic (exact) mass is 196 g/mol. The summed E-state index contributed by atoms with van der Waals surface area (Å²) >= 11 is 5.68. The van der Waals surface area contributed by atoms with Gasteiger partial charge in [-0.25, -0.2) is 0 Å². The van der Waals surface area contributed by atoms with E-state index in [1.165, 1.54) is 17.2 Å². The zero-order valence-electron chi connectivity index (χ0n) is 6.53. The molecule has 66 valence electrons. The van der Waals surface area contributed by atoms with Crippen molar-refractivity contribution in [2.45, 2.75) is 6.42 Å². The highest BCUT2D eigenvalue weighted by atomic mass is 35.5. The van der Waals surface area contributed by atoms with Crippen molar-refractivity contribution < 1.29 is 9.59 Å². The van der Waals surface area contributed by atoms with Crippen LogP contribution in [0.5, 0.6) is 0 Å². The van der Waals surface area contributed by atoms with Crippen LogP contribution in [0.2, 0.25) is 0 Å². The summed E-state index contributed by atoms with van der Waals surface area (Å²) in [5, 5.41) is 0.446. The van der Waals surface area contributed by atoms with Gasteiger partial charge < -0.3 is 0 Å². The van der Waals surface area contributed by atoms with Crippen molar-refractivity contribution in [3.63, 3.8) is 0 Å². The van der Waals surface area contributed by atoms with Crippen LogP contribution in [0, 0.1) is 0 Å². The summed E-state index contributed by atoms with van der Waals surface area (Å²) in [7, 11) is 0. The normalized spacial score (nSPS) is 21.2. The van der Waals surface area contributed by atoms with Crippen LogP contribution in [-0.4, -0.2) is 22.5 Å². The number of nitrogens with zero attached hydrogens (tertiary/aromatic N) is 2. The SMILES string of the molecule is O=C1CC(=O)N2C=C(Cl)C=CC2=N1. The summed E-state index contributed by atoms with van der Waals surface area (Å²) in [6.45, 7) is 0. The molecular formula is C8H5ClN2O2. The number of amidine groups is 1. The molecule has 2 rings (SSSR count). The number of hydrogen-bond acceptors (Lipinski definition) is 2. The summed E-state index contributed by atoms with van der Waals surface area (Å²) in [5.41, 5.74) is 0. The summed E-state index contributed by atoms with van der Waals surface area (Å²) in [6.07, 6.45) is 4.40. The van der Waals surface area contributed by atoms with Gasteiger partial charge in [0, 0.05) is 6.20 Å². The molecule has 0 saturated heterocycles. The van der Waals surface area contributed by atoms with Gasteiger partial charge in [0.15, 0.2) is 0 Å². The lowest BCUT2D eigenvalue weighted by Gasteiger charge is -2.23. The number of aliphatic imine (C=N–C) groups is 1. The fraction of sp³-hybridized carbons (Fsp3) is 0.125. The minimum Gasteiger partial charge on any atom is -0.273 e. The summed E-state index contributed by atoms with van der Waals surface area (Å²) in [4.78, 5) is 27.1. The van der Waals surface area contributed by atoms with Crippen molar-refractivity contribution >= 4 is 29.3 Å². The largest absolute Gasteiger partial charge is 0.273 e. The van der Waals surface area contributed by atoms with Gasteiger partial charge >= 0.3 is 0 Å². The molecule has 0 aliphatic carbocycles. The maximum atomic E-state index is 11.3. The van der Waals surface area contributed by atoms with E-state index in [2.05, 4.69) is 4.99 Å². The van der Waals surface area contributed by atoms with Crippen molar-refractivity contribution in [2.75, 3.05) is 0 Å². The third kappa shape index (κ3) is 1.40. The van der Waals surface area contributed by atoms with E-state index in [0.717, 1.165) is 0 Å². The number of hydrogen-bond donors (Lipinski definition) is 0. The van der Waals surface area contributed by atoms with Gasteiger partial charge in [0.1, 0.15) is 12.3 Å². The van der Waals surface area contributed by atoms with Crippen LogP contribution < -0.4 is 0 Å². The van der Waals surface area contributed by atoms with Crippen molar-refractivity contribution in [2.24, 2.45) is 4.99 Å². The molecule has 4 nitrogen and oxygen atoms in total. The molecule has 0 aromatic carbocycles. The van der Waals surface area contributed by atoms with Crippen molar-refractivity contribution in [1.29, 1.82) is 0 Å². The first-order chi connectivity index (χ1) is 6.16. The van der Waals surface area contributed by atoms with Gasteiger partial charge in [0.2, 0.25) is 5.91 Å². The average Bonchev–Trinajstić information content (AvgIpc) is 2.06. The molecule has 2 aliphatic rings. The zero-order chi connectivity index (χ0) is 9.42. The minimum absolute atomic E-state index is 0.183. The van der Waals surface area contributed by atoms with Crippen LogP contribution in [0.25, 0.3) is 0 Å². The highest BCUT2D eigenvalue weighted by molar-refractivity contribution is 6.32. The van der Waals surface area contributed by atoms with Gasteiger partial charge in [-0.15, -0.1) is 0 Å². The van der Waals surface area contributed by atoms with Crippen molar-refractivity contribution in [3.05, 3.63) is 23.4 Å². The third-order valence-electron chi connectivity index (χ3n) is 1.70. The first kappa shape index (κ1) is 8.19. The van der Waals surface area contributed by atoms with Crippen molar-refractivity contribution in [1.82, 2.24) is 4.90 Å². The summed E-state index contributed by atoms with van der Waals surface area (Å²) in [6, 6.07) is 0. The fourth-order valence-electron chi connectivity index (χ4n) is 1.14. The molecule has 2 heterocycles. The second-order valence-electron chi connectivity index (χ2n) is 2.65. The third-order valence-corrected chi connectivity index (χ3v) is 1.92. The van der Waals surface area contributed by atoms with E-state index in [1.54, 1.807) is 6.08 Å². The molecule has 13 heavy (non-hydrogen) atoms. The molecule has 0 atom stereocenters. The summed E-state index contributed by atoms with van der Waals surface area (Å²) in [5.74, 6) is -0.365. The number of allylic oxidation sites excluding steroid dienone is 2. The van der Waals surface area contributed by atoms with E-state index in [9.17, 15) is 9.59 Å². The Morgan fingerprint density at radius 3 is 2.92 bits per heavy atom. The molecule has 5 heteroatoms. The predicted octanol–water partition coefficient (Wildman–Crippen LogP) is 0.794. The number of halogens is 1. The number of fused-ring (bicyclic) bond motifs is 1. The Balaban J connectivity index is 2.44. The Hall–Kier alpha value is -1.42. The van der Waals surface area contributed by atoms with Crippen LogP contribution in [0.4, 0.5) is 0 Å². The molecule has 0 aromatic heterocycles. The molecule has 0 unspecified atom stereocenters. The quantitative estimate of drug-likeness (QED) is 0.538. The molecule has 0 N–H and O–H groups in total. The van der Waals surface area contributed by atoms with Crippen LogP contribution >= 0.6 is 11.6 Å². The van der Waals surface area contributed by atoms with E-state index in [4.69, 9.17) is 11.6 Å². The topological polar surface area (TPSA) is 49.7 Å². The molecule has 2 aliphatic heterocycles. The Morgan fingerprint density at radius 2 is 2.15 bits per heavy atom. The fourth-order valence-corrected chi connectivity index (χ4v) is 1.30. The Bertz CT molecular complexity index is 382. The molecule has 0 spiro atoms. The van der Waals surface area contributed by atoms with Gasteiger partial charge in [-0.2, -0.15) is 4.99 Å². The van der Waals surface area contributed by atoms with Gasteiger partial charge in [-0.1, -0.05) is 11.6 Å². The van der Waals surface area contributed by atoms with Crippen LogP contribution in [0.15, 0.2) is 28.4 Å². The second-order valence-corrected chi connectivity index (χ2v) is 3.09. The van der Waals surface area contributed by atoms with Gasteiger partial charge in [-0.3, -0.25) is 14.5 Å². The lowest BCUT2D eigenvalue weighted by molar-refractivity contribution is -0.131. The number of carbonyl (C=O) groups excluding carboxylic acids is 2. The van der Waals surface area contributed by atoms with Gasteiger partial charge in [0.05, 0.1) is 5.03 Å². The molecule has 0 bridgehead atoms. The van der Waals surface area contributed by atoms with Crippen molar-refractivity contribution in [3.8, 4) is 0 Å². The molecule has 0 saturated carbocycles. The average molecular weight is 197 g/mol. The van der Waals surface area contributed by atoms with E-state index in [0.29, 0.717) is 10.9 Å². The lowest BCUT2D eigenvalue weighted by Crippen LogP contribution is -2.38. The van der Waals surface area contributed by atoms with E-state index in [1.807, 2.05) is 0 Å². The van der Waals surface area contributed by atoms with E-state index >= 15 is 0 Å². The standard InChI is InChI=1S/C8H5ClN2O2/c9-5-1-2-6-10-7(12)3-8(13)11(6)4-5/h1-2,4H,3H2. The maximum absolute atomic E-state index is 11.3. The molecule has 0 fully saturated rings. The highest BCUT2D eigenvalue weighted by Crippen LogP contribution is 2.17.